The highest BCUT2D eigenvalue weighted by Gasteiger charge is 2.07. The van der Waals surface area contributed by atoms with E-state index in [0.717, 1.165) is 5.56 Å². The summed E-state index contributed by atoms with van der Waals surface area (Å²) in [5.41, 5.74) is 4.20. The fourth-order valence-electron chi connectivity index (χ4n) is 1.90. The first-order valence-electron chi connectivity index (χ1n) is 6.98. The van der Waals surface area contributed by atoms with E-state index in [1.165, 1.54) is 18.3 Å². The van der Waals surface area contributed by atoms with Crippen molar-refractivity contribution in [3.05, 3.63) is 58.9 Å². The van der Waals surface area contributed by atoms with Crippen LogP contribution in [0.2, 0.25) is 5.02 Å². The van der Waals surface area contributed by atoms with Crippen molar-refractivity contribution in [1.29, 1.82) is 0 Å². The molecule has 0 saturated carbocycles. The highest BCUT2D eigenvalue weighted by Crippen LogP contribution is 2.24. The van der Waals surface area contributed by atoms with Crippen LogP contribution in [0.1, 0.15) is 11.5 Å². The Morgan fingerprint density at radius 3 is 2.67 bits per heavy atom. The van der Waals surface area contributed by atoms with Gasteiger partial charge in [0.2, 0.25) is 11.7 Å². The summed E-state index contributed by atoms with van der Waals surface area (Å²) in [4.78, 5) is 4.25. The Balaban J connectivity index is 1.58. The quantitative estimate of drug-likeness (QED) is 0.373. The van der Waals surface area contributed by atoms with Crippen LogP contribution in [0, 0.1) is 0 Å². The number of benzene rings is 2. The number of rotatable bonds is 5. The maximum atomic E-state index is 9.39. The average Bonchev–Trinajstić information content (AvgIpc) is 3.04. The predicted octanol–water partition coefficient (Wildman–Crippen LogP) is 2.92. The monoisotopic (exact) mass is 344 g/mol. The Morgan fingerprint density at radius 2 is 1.92 bits per heavy atom. The fourth-order valence-corrected chi connectivity index (χ4v) is 2.02. The molecule has 3 aromatic rings. The number of hydrogen-bond acceptors (Lipinski definition) is 7. The van der Waals surface area contributed by atoms with Crippen LogP contribution in [0.4, 0.5) is 0 Å². The third-order valence-corrected chi connectivity index (χ3v) is 3.36. The lowest BCUT2D eigenvalue weighted by Crippen LogP contribution is -2.05. The minimum Gasteiger partial charge on any atom is -0.504 e. The molecule has 8 heteroatoms. The summed E-state index contributed by atoms with van der Waals surface area (Å²) in [7, 11) is 0. The molecular weight excluding hydrogens is 332 g/mol. The van der Waals surface area contributed by atoms with E-state index < -0.39 is 0 Å². The van der Waals surface area contributed by atoms with Gasteiger partial charge in [-0.1, -0.05) is 16.8 Å². The van der Waals surface area contributed by atoms with Crippen molar-refractivity contribution >= 4 is 17.8 Å². The number of hydrazone groups is 1. The van der Waals surface area contributed by atoms with Crippen molar-refractivity contribution in [2.45, 2.75) is 6.54 Å². The molecule has 122 valence electrons. The van der Waals surface area contributed by atoms with Crippen LogP contribution in [0.3, 0.4) is 0 Å². The molecule has 3 N–H and O–H groups in total. The lowest BCUT2D eigenvalue weighted by atomic mass is 10.2. The molecule has 3 rings (SSSR count). The lowest BCUT2D eigenvalue weighted by molar-refractivity contribution is 0.369. The van der Waals surface area contributed by atoms with Crippen LogP contribution in [-0.2, 0) is 6.54 Å². The molecule has 1 heterocycles. The van der Waals surface area contributed by atoms with Crippen LogP contribution in [0.15, 0.2) is 52.1 Å². The third-order valence-electron chi connectivity index (χ3n) is 3.11. The number of halogens is 1. The van der Waals surface area contributed by atoms with Crippen LogP contribution < -0.4 is 5.43 Å². The van der Waals surface area contributed by atoms with Gasteiger partial charge < -0.3 is 20.2 Å². The Morgan fingerprint density at radius 1 is 1.12 bits per heavy atom. The number of phenols is 2. The zero-order valence-electron chi connectivity index (χ0n) is 12.3. The SMILES string of the molecule is Oc1ccc(/C=N/NCc2nc(-c3ccc(Cl)cc3)no2)cc1O. The summed E-state index contributed by atoms with van der Waals surface area (Å²) in [6.45, 7) is 0.251. The maximum absolute atomic E-state index is 9.39. The van der Waals surface area contributed by atoms with Crippen molar-refractivity contribution in [2.24, 2.45) is 5.10 Å². The van der Waals surface area contributed by atoms with E-state index in [2.05, 4.69) is 20.7 Å². The molecule has 0 aliphatic rings. The van der Waals surface area contributed by atoms with Gasteiger partial charge in [-0.05, 0) is 48.0 Å². The van der Waals surface area contributed by atoms with E-state index in [0.29, 0.717) is 22.3 Å². The molecular formula is C16H13ClN4O3. The highest BCUT2D eigenvalue weighted by atomic mass is 35.5. The molecule has 1 aromatic heterocycles. The second kappa shape index (κ2) is 7.01. The van der Waals surface area contributed by atoms with Gasteiger partial charge >= 0.3 is 0 Å². The van der Waals surface area contributed by atoms with Crippen molar-refractivity contribution < 1.29 is 14.7 Å². The number of hydrogen-bond donors (Lipinski definition) is 3. The van der Waals surface area contributed by atoms with Crippen LogP contribution in [0.5, 0.6) is 11.5 Å². The molecule has 0 atom stereocenters. The smallest absolute Gasteiger partial charge is 0.247 e. The molecule has 0 unspecified atom stereocenters. The highest BCUT2D eigenvalue weighted by molar-refractivity contribution is 6.30. The van der Waals surface area contributed by atoms with Crippen LogP contribution >= 0.6 is 11.6 Å². The first-order chi connectivity index (χ1) is 11.6. The van der Waals surface area contributed by atoms with E-state index >= 15 is 0 Å². The van der Waals surface area contributed by atoms with Gasteiger partial charge in [-0.2, -0.15) is 10.1 Å². The summed E-state index contributed by atoms with van der Waals surface area (Å²) >= 11 is 5.84. The average molecular weight is 345 g/mol. The maximum Gasteiger partial charge on any atom is 0.247 e. The standard InChI is InChI=1S/C16H13ClN4O3/c17-12-4-2-11(3-5-12)16-20-15(24-21-16)9-19-18-8-10-1-6-13(22)14(23)7-10/h1-8,19,22-23H,9H2/b18-8+. The molecule has 0 aliphatic heterocycles. The summed E-state index contributed by atoms with van der Waals surface area (Å²) in [6, 6.07) is 11.5. The minimum atomic E-state index is -0.205. The Kier molecular flexibility index (Phi) is 4.62. The molecule has 0 bridgehead atoms. The number of aromatic nitrogens is 2. The van der Waals surface area contributed by atoms with Crippen molar-refractivity contribution in [3.8, 4) is 22.9 Å². The van der Waals surface area contributed by atoms with Gasteiger partial charge in [0.25, 0.3) is 0 Å². The molecule has 7 nitrogen and oxygen atoms in total. The second-order valence-corrected chi connectivity index (χ2v) is 5.30. The summed E-state index contributed by atoms with van der Waals surface area (Å²) in [5, 5.41) is 27.1. The van der Waals surface area contributed by atoms with E-state index in [1.54, 1.807) is 30.3 Å². The van der Waals surface area contributed by atoms with E-state index in [-0.39, 0.29) is 18.0 Å². The number of nitrogens with one attached hydrogen (secondary N) is 1. The van der Waals surface area contributed by atoms with Crippen LogP contribution in [-0.4, -0.2) is 26.6 Å². The van der Waals surface area contributed by atoms with Crippen LogP contribution in [0.25, 0.3) is 11.4 Å². The Bertz CT molecular complexity index is 862. The Hall–Kier alpha value is -3.06. The van der Waals surface area contributed by atoms with Crippen molar-refractivity contribution in [3.63, 3.8) is 0 Å². The number of aromatic hydroxyl groups is 2. The molecule has 0 aliphatic carbocycles. The summed E-state index contributed by atoms with van der Waals surface area (Å²) < 4.78 is 5.13. The zero-order chi connectivity index (χ0) is 16.9. The molecule has 0 amide bonds. The normalized spacial score (nSPS) is 11.0. The largest absolute Gasteiger partial charge is 0.504 e. The van der Waals surface area contributed by atoms with Gasteiger partial charge in [0.15, 0.2) is 11.5 Å². The summed E-state index contributed by atoms with van der Waals surface area (Å²) in [5.74, 6) is 0.464. The van der Waals surface area contributed by atoms with E-state index in [9.17, 15) is 10.2 Å². The zero-order valence-corrected chi connectivity index (χ0v) is 13.1. The van der Waals surface area contributed by atoms with E-state index in [4.69, 9.17) is 16.1 Å². The van der Waals surface area contributed by atoms with Gasteiger partial charge in [0, 0.05) is 10.6 Å². The van der Waals surface area contributed by atoms with Gasteiger partial charge in [-0.15, -0.1) is 0 Å². The Labute approximate surface area is 142 Å². The molecule has 0 saturated heterocycles. The summed E-state index contributed by atoms with van der Waals surface area (Å²) in [6.07, 6.45) is 1.50. The van der Waals surface area contributed by atoms with Crippen molar-refractivity contribution in [1.82, 2.24) is 15.6 Å². The second-order valence-electron chi connectivity index (χ2n) is 4.86. The topological polar surface area (TPSA) is 104 Å². The molecule has 0 radical (unpaired) electrons. The fraction of sp³-hybridized carbons (Fsp3) is 0.0625. The first kappa shape index (κ1) is 15.8. The molecule has 0 fully saturated rings. The van der Waals surface area contributed by atoms with Gasteiger partial charge in [0.1, 0.15) is 6.54 Å². The van der Waals surface area contributed by atoms with Crippen molar-refractivity contribution in [2.75, 3.05) is 0 Å². The van der Waals surface area contributed by atoms with Gasteiger partial charge in [0.05, 0.1) is 6.21 Å². The molecule has 2 aromatic carbocycles. The number of nitrogens with zero attached hydrogens (tertiary/aromatic N) is 3. The lowest BCUT2D eigenvalue weighted by Gasteiger charge is -1.98. The van der Waals surface area contributed by atoms with Gasteiger partial charge in [-0.25, -0.2) is 0 Å². The van der Waals surface area contributed by atoms with Gasteiger partial charge in [-0.3, -0.25) is 0 Å². The van der Waals surface area contributed by atoms with E-state index in [1.807, 2.05) is 0 Å². The molecule has 24 heavy (non-hydrogen) atoms. The predicted molar refractivity (Wildman–Crippen MR) is 88.9 cm³/mol. The third kappa shape index (κ3) is 3.82. The number of phenolic OH excluding ortho intramolecular Hbond substituents is 2. The molecule has 0 spiro atoms. The first-order valence-corrected chi connectivity index (χ1v) is 7.36. The minimum absolute atomic E-state index is 0.180.